The number of hydrogen-bond acceptors (Lipinski definition) is 2. The Bertz CT molecular complexity index is 1110. The van der Waals surface area contributed by atoms with Crippen LogP contribution in [0.25, 0.3) is 0 Å². The van der Waals surface area contributed by atoms with Gasteiger partial charge in [0, 0.05) is 17.7 Å². The summed E-state index contributed by atoms with van der Waals surface area (Å²) in [5, 5.41) is 0.897. The van der Waals surface area contributed by atoms with E-state index in [0.29, 0.717) is 27.9 Å². The molecule has 6 heteroatoms. The summed E-state index contributed by atoms with van der Waals surface area (Å²) in [4.78, 5) is 29.9. The predicted molar refractivity (Wildman–Crippen MR) is 117 cm³/mol. The molecule has 1 aromatic heterocycles. The van der Waals surface area contributed by atoms with E-state index in [0.717, 1.165) is 36.9 Å². The van der Waals surface area contributed by atoms with Gasteiger partial charge in [-0.1, -0.05) is 65.7 Å². The summed E-state index contributed by atoms with van der Waals surface area (Å²) in [6.45, 7) is 0. The fourth-order valence-electron chi connectivity index (χ4n) is 4.37. The second-order valence-corrected chi connectivity index (χ2v) is 8.43. The molecule has 0 radical (unpaired) electrons. The summed E-state index contributed by atoms with van der Waals surface area (Å²) in [6.07, 6.45) is 4.24. The van der Waals surface area contributed by atoms with Gasteiger partial charge in [0.25, 0.3) is 5.56 Å². The molecule has 29 heavy (non-hydrogen) atoms. The minimum Gasteiger partial charge on any atom is -0.311 e. The van der Waals surface area contributed by atoms with E-state index in [1.54, 1.807) is 6.07 Å². The van der Waals surface area contributed by atoms with Crippen LogP contribution in [0, 0.1) is 0 Å². The van der Waals surface area contributed by atoms with Gasteiger partial charge in [-0.25, -0.2) is 4.79 Å². The Morgan fingerprint density at radius 2 is 1.52 bits per heavy atom. The first kappa shape index (κ1) is 20.0. The van der Waals surface area contributed by atoms with Crippen LogP contribution in [0.1, 0.15) is 59.9 Å². The number of aromatic amines is 2. The third-order valence-corrected chi connectivity index (χ3v) is 6.74. The van der Waals surface area contributed by atoms with E-state index in [4.69, 9.17) is 23.2 Å². The Balaban J connectivity index is 1.62. The van der Waals surface area contributed by atoms with Crippen LogP contribution in [0.2, 0.25) is 10.0 Å². The van der Waals surface area contributed by atoms with Gasteiger partial charge in [-0.15, -0.1) is 0 Å². The van der Waals surface area contributed by atoms with Crippen molar-refractivity contribution in [2.75, 3.05) is 0 Å². The molecule has 0 spiro atoms. The Morgan fingerprint density at radius 3 is 2.24 bits per heavy atom. The molecule has 2 N–H and O–H groups in total. The molecule has 0 saturated heterocycles. The smallest absolute Gasteiger partial charge is 0.311 e. The van der Waals surface area contributed by atoms with E-state index in [1.807, 2.05) is 18.2 Å². The molecular weight excluding hydrogens is 407 g/mol. The molecule has 150 valence electrons. The van der Waals surface area contributed by atoms with Gasteiger partial charge in [-0.05, 0) is 54.7 Å². The van der Waals surface area contributed by atoms with E-state index in [9.17, 15) is 9.59 Å². The van der Waals surface area contributed by atoms with Crippen LogP contribution < -0.4 is 11.2 Å². The maximum absolute atomic E-state index is 12.6. The molecule has 0 atom stereocenters. The summed E-state index contributed by atoms with van der Waals surface area (Å²) in [6, 6.07) is 15.9. The quantitative estimate of drug-likeness (QED) is 0.583. The summed E-state index contributed by atoms with van der Waals surface area (Å²) >= 11 is 12.5. The number of rotatable bonds is 4. The zero-order chi connectivity index (χ0) is 20.4. The second kappa shape index (κ2) is 8.60. The van der Waals surface area contributed by atoms with Crippen molar-refractivity contribution >= 4 is 23.2 Å². The highest BCUT2D eigenvalue weighted by molar-refractivity contribution is 6.42. The minimum absolute atomic E-state index is 0.151. The molecule has 0 amide bonds. The predicted octanol–water partition coefficient (Wildman–Crippen LogP) is 5.40. The number of benzene rings is 2. The van der Waals surface area contributed by atoms with Crippen LogP contribution in [-0.2, 0) is 6.42 Å². The summed E-state index contributed by atoms with van der Waals surface area (Å²) in [7, 11) is 0. The SMILES string of the molecule is O=c1[nH]c(=O)c(Cc2cccc(Cl)c2Cl)c([C@H]2CC[C@H](c3ccccc3)CC2)[nH]1. The van der Waals surface area contributed by atoms with Gasteiger partial charge < -0.3 is 4.98 Å². The minimum atomic E-state index is -0.462. The van der Waals surface area contributed by atoms with Crippen molar-refractivity contribution in [2.24, 2.45) is 0 Å². The maximum atomic E-state index is 12.6. The van der Waals surface area contributed by atoms with E-state index in [2.05, 4.69) is 34.2 Å². The number of H-pyrrole nitrogens is 2. The first-order valence-electron chi connectivity index (χ1n) is 9.86. The molecule has 4 nitrogen and oxygen atoms in total. The van der Waals surface area contributed by atoms with Gasteiger partial charge in [-0.3, -0.25) is 9.78 Å². The molecule has 1 aliphatic carbocycles. The molecule has 1 heterocycles. The largest absolute Gasteiger partial charge is 0.325 e. The lowest BCUT2D eigenvalue weighted by molar-refractivity contribution is 0.388. The Labute approximate surface area is 178 Å². The van der Waals surface area contributed by atoms with Crippen LogP contribution in [0.5, 0.6) is 0 Å². The van der Waals surface area contributed by atoms with Crippen molar-refractivity contribution < 1.29 is 0 Å². The molecule has 3 aromatic rings. The average molecular weight is 429 g/mol. The Hall–Kier alpha value is -2.30. The monoisotopic (exact) mass is 428 g/mol. The molecule has 1 saturated carbocycles. The Kier molecular flexibility index (Phi) is 5.93. The molecule has 2 aromatic carbocycles. The van der Waals surface area contributed by atoms with Crippen LogP contribution in [0.3, 0.4) is 0 Å². The summed E-state index contributed by atoms with van der Waals surface area (Å²) < 4.78 is 0. The highest BCUT2D eigenvalue weighted by atomic mass is 35.5. The fourth-order valence-corrected chi connectivity index (χ4v) is 4.76. The van der Waals surface area contributed by atoms with E-state index in [-0.39, 0.29) is 11.5 Å². The summed E-state index contributed by atoms with van der Waals surface area (Å²) in [5.74, 6) is 0.671. The van der Waals surface area contributed by atoms with Gasteiger partial charge >= 0.3 is 5.69 Å². The second-order valence-electron chi connectivity index (χ2n) is 7.65. The van der Waals surface area contributed by atoms with Crippen molar-refractivity contribution in [3.63, 3.8) is 0 Å². The third-order valence-electron chi connectivity index (χ3n) is 5.88. The van der Waals surface area contributed by atoms with Crippen molar-refractivity contribution in [3.8, 4) is 0 Å². The maximum Gasteiger partial charge on any atom is 0.325 e. The van der Waals surface area contributed by atoms with E-state index >= 15 is 0 Å². The van der Waals surface area contributed by atoms with Crippen LogP contribution in [0.15, 0.2) is 58.1 Å². The molecule has 0 unspecified atom stereocenters. The van der Waals surface area contributed by atoms with Crippen molar-refractivity contribution in [1.29, 1.82) is 0 Å². The lowest BCUT2D eigenvalue weighted by Crippen LogP contribution is -2.30. The standard InChI is InChI=1S/C23H22Cl2N2O2/c24-19-8-4-7-17(20(19)25)13-18-21(26-23(29)27-22(18)28)16-11-9-15(10-12-16)14-5-2-1-3-6-14/h1-8,15-16H,9-13H2,(H2,26,27,28,29)/t15-,16-. The van der Waals surface area contributed by atoms with Crippen LogP contribution in [0.4, 0.5) is 0 Å². The zero-order valence-corrected chi connectivity index (χ0v) is 17.4. The molecule has 1 aliphatic rings. The van der Waals surface area contributed by atoms with Gasteiger partial charge in [0.2, 0.25) is 0 Å². The molecule has 0 bridgehead atoms. The fraction of sp³-hybridized carbons (Fsp3) is 0.304. The highest BCUT2D eigenvalue weighted by Crippen LogP contribution is 2.40. The van der Waals surface area contributed by atoms with Crippen molar-refractivity contribution in [1.82, 2.24) is 9.97 Å². The molecule has 1 fully saturated rings. The molecular formula is C23H22Cl2N2O2. The third kappa shape index (κ3) is 4.34. The average Bonchev–Trinajstić information content (AvgIpc) is 2.73. The molecule has 4 rings (SSSR count). The van der Waals surface area contributed by atoms with Crippen LogP contribution >= 0.6 is 23.2 Å². The van der Waals surface area contributed by atoms with Gasteiger partial charge in [0.05, 0.1) is 10.0 Å². The number of aromatic nitrogens is 2. The molecule has 0 aliphatic heterocycles. The van der Waals surface area contributed by atoms with Crippen LogP contribution in [-0.4, -0.2) is 9.97 Å². The van der Waals surface area contributed by atoms with Crippen molar-refractivity contribution in [2.45, 2.75) is 43.9 Å². The topological polar surface area (TPSA) is 65.7 Å². The Morgan fingerprint density at radius 1 is 0.828 bits per heavy atom. The normalized spacial score (nSPS) is 19.2. The number of nitrogens with one attached hydrogen (secondary N) is 2. The lowest BCUT2D eigenvalue weighted by Gasteiger charge is -2.29. The summed E-state index contributed by atoms with van der Waals surface area (Å²) in [5.41, 5.74) is 2.62. The van der Waals surface area contributed by atoms with E-state index in [1.165, 1.54) is 5.56 Å². The first-order valence-corrected chi connectivity index (χ1v) is 10.6. The number of halogens is 2. The van der Waals surface area contributed by atoms with Gasteiger partial charge in [0.1, 0.15) is 0 Å². The highest BCUT2D eigenvalue weighted by Gasteiger charge is 2.27. The van der Waals surface area contributed by atoms with Crippen molar-refractivity contribution in [3.05, 3.63) is 102 Å². The van der Waals surface area contributed by atoms with Gasteiger partial charge in [0.15, 0.2) is 0 Å². The lowest BCUT2D eigenvalue weighted by atomic mass is 9.76. The van der Waals surface area contributed by atoms with Gasteiger partial charge in [-0.2, -0.15) is 0 Å². The first-order chi connectivity index (χ1) is 14.0. The van der Waals surface area contributed by atoms with E-state index < -0.39 is 5.69 Å². The number of hydrogen-bond donors (Lipinski definition) is 2. The zero-order valence-electron chi connectivity index (χ0n) is 15.9.